The first-order chi connectivity index (χ1) is 8.73. The predicted octanol–water partition coefficient (Wildman–Crippen LogP) is 2.48. The Bertz CT molecular complexity index is 459. The monoisotopic (exact) mass is 275 g/mol. The average molecular weight is 275 g/mol. The molecule has 0 radical (unpaired) electrons. The van der Waals surface area contributed by atoms with Crippen LogP contribution in [0.4, 0.5) is 13.2 Å². The summed E-state index contributed by atoms with van der Waals surface area (Å²) >= 11 is 0. The van der Waals surface area contributed by atoms with E-state index < -0.39 is 23.1 Å². The Morgan fingerprint density at radius 1 is 1.32 bits per heavy atom. The molecule has 1 aromatic carbocycles. The van der Waals surface area contributed by atoms with E-state index in [2.05, 4.69) is 4.74 Å². The van der Waals surface area contributed by atoms with E-state index in [1.54, 1.807) is 6.92 Å². The first-order valence-electron chi connectivity index (χ1n) is 5.67. The van der Waals surface area contributed by atoms with Crippen LogP contribution in [0.2, 0.25) is 0 Å². The van der Waals surface area contributed by atoms with E-state index in [0.29, 0.717) is 5.56 Å². The molecule has 0 heterocycles. The van der Waals surface area contributed by atoms with Gasteiger partial charge >= 0.3 is 12.1 Å². The molecule has 0 aliphatic carbocycles. The molecular weight excluding hydrogens is 259 g/mol. The number of halogens is 3. The lowest BCUT2D eigenvalue weighted by molar-refractivity contribution is -0.141. The van der Waals surface area contributed by atoms with E-state index in [9.17, 15) is 18.0 Å². The highest BCUT2D eigenvalue weighted by Gasteiger charge is 2.34. The van der Waals surface area contributed by atoms with Crippen LogP contribution < -0.4 is 5.73 Å². The third kappa shape index (κ3) is 3.70. The summed E-state index contributed by atoms with van der Waals surface area (Å²) in [5, 5.41) is 0. The molecule has 106 valence electrons. The molecule has 2 N–H and O–H groups in total. The van der Waals surface area contributed by atoms with Gasteiger partial charge in [-0.3, -0.25) is 4.79 Å². The van der Waals surface area contributed by atoms with Gasteiger partial charge in [0.05, 0.1) is 19.1 Å². The van der Waals surface area contributed by atoms with Crippen LogP contribution in [0.15, 0.2) is 24.3 Å². The largest absolute Gasteiger partial charge is 0.469 e. The van der Waals surface area contributed by atoms with Crippen LogP contribution in [0.5, 0.6) is 0 Å². The minimum Gasteiger partial charge on any atom is -0.469 e. The molecule has 0 bridgehead atoms. The summed E-state index contributed by atoms with van der Waals surface area (Å²) < 4.78 is 42.5. The first kappa shape index (κ1) is 15.5. The maximum Gasteiger partial charge on any atom is 0.416 e. The third-order valence-electron chi connectivity index (χ3n) is 3.10. The molecule has 0 aliphatic rings. The molecule has 0 amide bonds. The number of carbonyl (C=O) groups excluding carboxylic acids is 1. The van der Waals surface area contributed by atoms with Crippen molar-refractivity contribution in [3.63, 3.8) is 0 Å². The second-order valence-corrected chi connectivity index (χ2v) is 4.60. The third-order valence-corrected chi connectivity index (χ3v) is 3.10. The summed E-state index contributed by atoms with van der Waals surface area (Å²) in [7, 11) is 1.23. The molecule has 3 nitrogen and oxygen atoms in total. The number of benzene rings is 1. The van der Waals surface area contributed by atoms with Crippen molar-refractivity contribution in [1.82, 2.24) is 0 Å². The number of nitrogens with two attached hydrogens (primary N) is 1. The zero-order valence-corrected chi connectivity index (χ0v) is 10.8. The van der Waals surface area contributed by atoms with Gasteiger partial charge < -0.3 is 10.5 Å². The fourth-order valence-electron chi connectivity index (χ4n) is 1.75. The number of carbonyl (C=O) groups is 1. The van der Waals surface area contributed by atoms with Crippen molar-refractivity contribution >= 4 is 5.97 Å². The van der Waals surface area contributed by atoms with Crippen LogP contribution in [0.3, 0.4) is 0 Å². The van der Waals surface area contributed by atoms with E-state index >= 15 is 0 Å². The average Bonchev–Trinajstić information content (AvgIpc) is 2.37. The van der Waals surface area contributed by atoms with Crippen LogP contribution >= 0.6 is 0 Å². The van der Waals surface area contributed by atoms with E-state index in [4.69, 9.17) is 5.73 Å². The normalized spacial score (nSPS) is 14.8. The predicted molar refractivity (Wildman–Crippen MR) is 64.5 cm³/mol. The van der Waals surface area contributed by atoms with Gasteiger partial charge in [-0.25, -0.2) is 0 Å². The molecule has 0 saturated heterocycles. The zero-order valence-electron chi connectivity index (χ0n) is 10.8. The number of alkyl halides is 3. The van der Waals surface area contributed by atoms with Gasteiger partial charge in [0.15, 0.2) is 0 Å². The van der Waals surface area contributed by atoms with Gasteiger partial charge in [0, 0.05) is 12.0 Å². The Kier molecular flexibility index (Phi) is 4.57. The summed E-state index contributed by atoms with van der Waals surface area (Å²) in [6, 6.07) is 4.85. The van der Waals surface area contributed by atoms with E-state index in [1.807, 2.05) is 0 Å². The van der Waals surface area contributed by atoms with Gasteiger partial charge in [0.2, 0.25) is 0 Å². The van der Waals surface area contributed by atoms with E-state index in [0.717, 1.165) is 12.1 Å². The molecule has 0 aliphatic heterocycles. The topological polar surface area (TPSA) is 52.3 Å². The Hall–Kier alpha value is -1.56. The summed E-state index contributed by atoms with van der Waals surface area (Å²) in [6.45, 7) is 1.68. The van der Waals surface area contributed by atoms with Gasteiger partial charge in [-0.15, -0.1) is 0 Å². The summed E-state index contributed by atoms with van der Waals surface area (Å²) in [5.74, 6) is -0.509. The lowest BCUT2D eigenvalue weighted by atomic mass is 9.79. The van der Waals surface area contributed by atoms with Crippen molar-refractivity contribution in [3.8, 4) is 0 Å². The number of methoxy groups -OCH3 is 1. The number of esters is 1. The molecule has 0 saturated carbocycles. The summed E-state index contributed by atoms with van der Waals surface area (Å²) in [5.41, 5.74) is 4.35. The van der Waals surface area contributed by atoms with E-state index in [1.165, 1.54) is 19.2 Å². The van der Waals surface area contributed by atoms with Crippen molar-refractivity contribution in [1.29, 1.82) is 0 Å². The highest BCUT2D eigenvalue weighted by molar-refractivity contribution is 5.71. The van der Waals surface area contributed by atoms with Crippen LogP contribution in [0.25, 0.3) is 0 Å². The Balaban J connectivity index is 3.15. The number of hydrogen-bond donors (Lipinski definition) is 1. The molecule has 1 atom stereocenters. The maximum atomic E-state index is 12.7. The van der Waals surface area contributed by atoms with Crippen molar-refractivity contribution in [2.75, 3.05) is 13.7 Å². The van der Waals surface area contributed by atoms with Gasteiger partial charge in [0.1, 0.15) is 0 Å². The first-order valence-corrected chi connectivity index (χ1v) is 5.67. The SMILES string of the molecule is COC(=O)CC(C)(CN)c1cccc(C(F)(F)F)c1. The standard InChI is InChI=1S/C13H16F3NO2/c1-12(8-17,7-11(18)19-2)9-4-3-5-10(6-9)13(14,15)16/h3-6H,7-8,17H2,1-2H3. The molecule has 1 unspecified atom stereocenters. The molecule has 1 rings (SSSR count). The van der Waals surface area contributed by atoms with Gasteiger partial charge in [0.25, 0.3) is 0 Å². The maximum absolute atomic E-state index is 12.7. The van der Waals surface area contributed by atoms with E-state index in [-0.39, 0.29) is 13.0 Å². The summed E-state index contributed by atoms with van der Waals surface area (Å²) in [4.78, 5) is 11.3. The molecule has 0 aromatic heterocycles. The Labute approximate surface area is 109 Å². The van der Waals surface area contributed by atoms with Crippen molar-refractivity contribution < 1.29 is 22.7 Å². The highest BCUT2D eigenvalue weighted by Crippen LogP contribution is 2.34. The molecular formula is C13H16F3NO2. The molecule has 6 heteroatoms. The number of hydrogen-bond acceptors (Lipinski definition) is 3. The molecule has 0 spiro atoms. The van der Waals surface area contributed by atoms with Crippen LogP contribution in [0.1, 0.15) is 24.5 Å². The van der Waals surface area contributed by atoms with Crippen LogP contribution in [-0.4, -0.2) is 19.6 Å². The van der Waals surface area contributed by atoms with Gasteiger partial charge in [-0.2, -0.15) is 13.2 Å². The highest BCUT2D eigenvalue weighted by atomic mass is 19.4. The Morgan fingerprint density at radius 2 is 1.89 bits per heavy atom. The fraction of sp³-hybridized carbons (Fsp3) is 0.462. The molecule has 0 fully saturated rings. The fourth-order valence-corrected chi connectivity index (χ4v) is 1.75. The number of rotatable bonds is 4. The quantitative estimate of drug-likeness (QED) is 0.859. The van der Waals surface area contributed by atoms with Crippen molar-refractivity contribution in [2.24, 2.45) is 5.73 Å². The summed E-state index contributed by atoms with van der Waals surface area (Å²) in [6.07, 6.45) is -4.49. The van der Waals surface area contributed by atoms with Crippen molar-refractivity contribution in [3.05, 3.63) is 35.4 Å². The second kappa shape index (κ2) is 5.61. The second-order valence-electron chi connectivity index (χ2n) is 4.60. The van der Waals surface area contributed by atoms with Gasteiger partial charge in [-0.1, -0.05) is 25.1 Å². The number of ether oxygens (including phenoxy) is 1. The smallest absolute Gasteiger partial charge is 0.416 e. The van der Waals surface area contributed by atoms with Crippen LogP contribution in [-0.2, 0) is 21.1 Å². The molecule has 1 aromatic rings. The van der Waals surface area contributed by atoms with Crippen molar-refractivity contribution in [2.45, 2.75) is 24.9 Å². The zero-order chi connectivity index (χ0) is 14.7. The molecule has 19 heavy (non-hydrogen) atoms. The Morgan fingerprint density at radius 3 is 2.37 bits per heavy atom. The minimum atomic E-state index is -4.42. The lowest BCUT2D eigenvalue weighted by Crippen LogP contribution is -2.35. The van der Waals surface area contributed by atoms with Crippen LogP contribution in [0, 0.1) is 0 Å². The van der Waals surface area contributed by atoms with Gasteiger partial charge in [-0.05, 0) is 11.6 Å². The minimum absolute atomic E-state index is 0.0451. The lowest BCUT2D eigenvalue weighted by Gasteiger charge is -2.28.